The zero-order valence-electron chi connectivity index (χ0n) is 10.1. The van der Waals surface area contributed by atoms with E-state index in [0.717, 1.165) is 0 Å². The SMILES string of the molecule is OC(c1cccc(OC(F)F)c1)c1ccc(Cl)cc1Cl. The highest BCUT2D eigenvalue weighted by Crippen LogP contribution is 2.31. The molecule has 0 aromatic heterocycles. The molecular weight excluding hydrogens is 309 g/mol. The summed E-state index contributed by atoms with van der Waals surface area (Å²) in [6.07, 6.45) is -1.05. The Morgan fingerprint density at radius 2 is 1.80 bits per heavy atom. The van der Waals surface area contributed by atoms with Gasteiger partial charge in [-0.05, 0) is 29.8 Å². The molecule has 1 atom stereocenters. The summed E-state index contributed by atoms with van der Waals surface area (Å²) in [5, 5.41) is 11.0. The minimum Gasteiger partial charge on any atom is -0.435 e. The lowest BCUT2D eigenvalue weighted by atomic mass is 10.0. The Morgan fingerprint density at radius 3 is 2.45 bits per heavy atom. The predicted octanol–water partition coefficient (Wildman–Crippen LogP) is 4.68. The van der Waals surface area contributed by atoms with E-state index in [0.29, 0.717) is 21.2 Å². The van der Waals surface area contributed by atoms with Crippen LogP contribution >= 0.6 is 23.2 Å². The molecular formula is C14H10Cl2F2O2. The number of halogens is 4. The normalized spacial score (nSPS) is 12.5. The van der Waals surface area contributed by atoms with Crippen LogP contribution in [0, 0.1) is 0 Å². The Labute approximate surface area is 124 Å². The van der Waals surface area contributed by atoms with Crippen molar-refractivity contribution in [2.24, 2.45) is 0 Å². The van der Waals surface area contributed by atoms with Gasteiger partial charge in [-0.1, -0.05) is 41.4 Å². The maximum absolute atomic E-state index is 12.2. The van der Waals surface area contributed by atoms with Crippen molar-refractivity contribution >= 4 is 23.2 Å². The van der Waals surface area contributed by atoms with Gasteiger partial charge >= 0.3 is 6.61 Å². The van der Waals surface area contributed by atoms with Crippen molar-refractivity contribution in [3.05, 3.63) is 63.6 Å². The Balaban J connectivity index is 2.30. The van der Waals surface area contributed by atoms with Crippen LogP contribution in [0.15, 0.2) is 42.5 Å². The zero-order valence-corrected chi connectivity index (χ0v) is 11.6. The third-order valence-corrected chi connectivity index (χ3v) is 3.22. The molecule has 20 heavy (non-hydrogen) atoms. The van der Waals surface area contributed by atoms with Crippen molar-refractivity contribution in [3.63, 3.8) is 0 Å². The molecule has 2 aromatic rings. The first kappa shape index (κ1) is 15.0. The molecule has 0 bridgehead atoms. The lowest BCUT2D eigenvalue weighted by Gasteiger charge is -2.14. The van der Waals surface area contributed by atoms with Crippen LogP contribution in [0.5, 0.6) is 5.75 Å². The minimum atomic E-state index is -2.92. The summed E-state index contributed by atoms with van der Waals surface area (Å²) >= 11 is 11.8. The summed E-state index contributed by atoms with van der Waals surface area (Å²) < 4.78 is 28.6. The van der Waals surface area contributed by atoms with Crippen LogP contribution in [0.2, 0.25) is 10.0 Å². The lowest BCUT2D eigenvalue weighted by Crippen LogP contribution is -2.04. The largest absolute Gasteiger partial charge is 0.435 e. The second-order valence-corrected chi connectivity index (χ2v) is 4.86. The molecule has 0 saturated carbocycles. The molecule has 1 N–H and O–H groups in total. The number of rotatable bonds is 4. The van der Waals surface area contributed by atoms with Gasteiger partial charge in [-0.25, -0.2) is 0 Å². The highest BCUT2D eigenvalue weighted by atomic mass is 35.5. The maximum atomic E-state index is 12.2. The molecule has 0 spiro atoms. The molecule has 0 saturated heterocycles. The van der Waals surface area contributed by atoms with Crippen LogP contribution in [-0.4, -0.2) is 11.7 Å². The van der Waals surface area contributed by atoms with Crippen molar-refractivity contribution in [1.29, 1.82) is 0 Å². The quantitative estimate of drug-likeness (QED) is 0.887. The average Bonchev–Trinajstić information content (AvgIpc) is 2.37. The van der Waals surface area contributed by atoms with E-state index in [1.807, 2.05) is 0 Å². The molecule has 0 aliphatic rings. The van der Waals surface area contributed by atoms with Crippen molar-refractivity contribution in [2.75, 3.05) is 0 Å². The molecule has 0 aliphatic carbocycles. The van der Waals surface area contributed by atoms with Crippen LogP contribution < -0.4 is 4.74 Å². The second kappa shape index (κ2) is 6.39. The minimum absolute atomic E-state index is 0.0263. The Hall–Kier alpha value is -1.36. The topological polar surface area (TPSA) is 29.5 Å². The van der Waals surface area contributed by atoms with Gasteiger partial charge in [-0.2, -0.15) is 8.78 Å². The molecule has 106 valence electrons. The van der Waals surface area contributed by atoms with Crippen molar-refractivity contribution in [1.82, 2.24) is 0 Å². The van der Waals surface area contributed by atoms with E-state index < -0.39 is 12.7 Å². The molecule has 0 heterocycles. The van der Waals surface area contributed by atoms with E-state index in [-0.39, 0.29) is 5.75 Å². The lowest BCUT2D eigenvalue weighted by molar-refractivity contribution is -0.0499. The molecule has 2 nitrogen and oxygen atoms in total. The number of ether oxygens (including phenoxy) is 1. The molecule has 0 aliphatic heterocycles. The Morgan fingerprint density at radius 1 is 1.05 bits per heavy atom. The Kier molecular flexibility index (Phi) is 4.81. The zero-order chi connectivity index (χ0) is 14.7. The standard InChI is InChI=1S/C14H10Cl2F2O2/c15-9-4-5-11(12(16)7-9)13(19)8-2-1-3-10(6-8)20-14(17)18/h1-7,13-14,19H. The van der Waals surface area contributed by atoms with Crippen LogP contribution in [0.3, 0.4) is 0 Å². The molecule has 0 amide bonds. The number of hydrogen-bond acceptors (Lipinski definition) is 2. The van der Waals surface area contributed by atoms with E-state index in [2.05, 4.69) is 4.74 Å². The van der Waals surface area contributed by atoms with Gasteiger partial charge in [-0.3, -0.25) is 0 Å². The smallest absolute Gasteiger partial charge is 0.387 e. The summed E-state index contributed by atoms with van der Waals surface area (Å²) in [4.78, 5) is 0. The van der Waals surface area contributed by atoms with Gasteiger partial charge in [0.15, 0.2) is 0 Å². The van der Waals surface area contributed by atoms with Crippen LogP contribution in [0.4, 0.5) is 8.78 Å². The molecule has 0 radical (unpaired) electrons. The fourth-order valence-corrected chi connectivity index (χ4v) is 2.28. The van der Waals surface area contributed by atoms with Crippen LogP contribution in [0.1, 0.15) is 17.2 Å². The summed E-state index contributed by atoms with van der Waals surface area (Å²) in [6.45, 7) is -2.92. The molecule has 1 unspecified atom stereocenters. The number of aliphatic hydroxyl groups is 1. The molecule has 2 rings (SSSR count). The fourth-order valence-electron chi connectivity index (χ4n) is 1.76. The van der Waals surface area contributed by atoms with Crippen LogP contribution in [-0.2, 0) is 0 Å². The average molecular weight is 319 g/mol. The van der Waals surface area contributed by atoms with E-state index in [1.54, 1.807) is 18.2 Å². The molecule has 2 aromatic carbocycles. The first-order chi connectivity index (χ1) is 9.47. The number of hydrogen-bond donors (Lipinski definition) is 1. The predicted molar refractivity (Wildman–Crippen MR) is 73.6 cm³/mol. The first-order valence-electron chi connectivity index (χ1n) is 5.65. The van der Waals surface area contributed by atoms with Gasteiger partial charge in [0, 0.05) is 15.6 Å². The molecule has 0 fully saturated rings. The van der Waals surface area contributed by atoms with E-state index in [9.17, 15) is 13.9 Å². The Bertz CT molecular complexity index is 605. The van der Waals surface area contributed by atoms with Crippen molar-refractivity contribution in [3.8, 4) is 5.75 Å². The second-order valence-electron chi connectivity index (χ2n) is 4.02. The summed E-state index contributed by atoms with van der Waals surface area (Å²) in [7, 11) is 0. The van der Waals surface area contributed by atoms with Gasteiger partial charge in [0.25, 0.3) is 0 Å². The van der Waals surface area contributed by atoms with Crippen molar-refractivity contribution < 1.29 is 18.6 Å². The third-order valence-electron chi connectivity index (χ3n) is 2.66. The van der Waals surface area contributed by atoms with E-state index >= 15 is 0 Å². The van der Waals surface area contributed by atoms with Gasteiger partial charge < -0.3 is 9.84 Å². The van der Waals surface area contributed by atoms with Gasteiger partial charge in [0.2, 0.25) is 0 Å². The molecule has 6 heteroatoms. The summed E-state index contributed by atoms with van der Waals surface area (Å²) in [5.74, 6) is -0.0263. The third kappa shape index (κ3) is 3.60. The van der Waals surface area contributed by atoms with Crippen molar-refractivity contribution in [2.45, 2.75) is 12.7 Å². The summed E-state index contributed by atoms with van der Waals surface area (Å²) in [6, 6.07) is 10.5. The number of alkyl halides is 2. The van der Waals surface area contributed by atoms with Gasteiger partial charge in [0.1, 0.15) is 11.9 Å². The maximum Gasteiger partial charge on any atom is 0.387 e. The van der Waals surface area contributed by atoms with E-state index in [4.69, 9.17) is 23.2 Å². The van der Waals surface area contributed by atoms with E-state index in [1.165, 1.54) is 24.3 Å². The van der Waals surface area contributed by atoms with Gasteiger partial charge in [-0.15, -0.1) is 0 Å². The first-order valence-corrected chi connectivity index (χ1v) is 6.41. The highest BCUT2D eigenvalue weighted by Gasteiger charge is 2.15. The number of aliphatic hydroxyl groups excluding tert-OH is 1. The van der Waals surface area contributed by atoms with Crippen LogP contribution in [0.25, 0.3) is 0 Å². The summed E-state index contributed by atoms with van der Waals surface area (Å²) in [5.41, 5.74) is 0.831. The monoisotopic (exact) mass is 318 g/mol. The highest BCUT2D eigenvalue weighted by molar-refractivity contribution is 6.35. The van der Waals surface area contributed by atoms with Gasteiger partial charge in [0.05, 0.1) is 0 Å². The number of benzene rings is 2. The fraction of sp³-hybridized carbons (Fsp3) is 0.143.